The van der Waals surface area contributed by atoms with E-state index < -0.39 is 38.9 Å². The number of alkyl halides is 1. The third-order valence-corrected chi connectivity index (χ3v) is 6.60. The number of ether oxygens (including phenoxy) is 2. The molecular weight excluding hydrogens is 384 g/mol. The van der Waals surface area contributed by atoms with Gasteiger partial charge < -0.3 is 15.2 Å². The maximum Gasteiger partial charge on any atom is 0.355 e. The Labute approximate surface area is 155 Å². The number of fused-ring (bicyclic) bond motifs is 1. The minimum absolute atomic E-state index is 0.0482. The van der Waals surface area contributed by atoms with Crippen molar-refractivity contribution in [2.24, 2.45) is 5.73 Å². The van der Waals surface area contributed by atoms with E-state index in [1.807, 2.05) is 0 Å². The number of rotatable bonds is 5. The molecule has 0 spiro atoms. The van der Waals surface area contributed by atoms with Gasteiger partial charge in [0.15, 0.2) is 15.2 Å². The Balaban J connectivity index is 1.82. The number of hydrogen-bond acceptors (Lipinski definition) is 7. The number of methoxy groups -OCH3 is 1. The van der Waals surface area contributed by atoms with Crippen LogP contribution in [0.15, 0.2) is 35.5 Å². The molecule has 26 heavy (non-hydrogen) atoms. The van der Waals surface area contributed by atoms with Gasteiger partial charge in [-0.05, 0) is 23.3 Å². The molecule has 2 aliphatic rings. The van der Waals surface area contributed by atoms with E-state index >= 15 is 0 Å². The van der Waals surface area contributed by atoms with Crippen LogP contribution >= 0.6 is 11.6 Å². The quantitative estimate of drug-likeness (QED) is 0.425. The van der Waals surface area contributed by atoms with Gasteiger partial charge in [-0.2, -0.15) is 0 Å². The minimum atomic E-state index is -3.69. The van der Waals surface area contributed by atoms with Gasteiger partial charge >= 0.3 is 5.97 Å². The van der Waals surface area contributed by atoms with Gasteiger partial charge in [-0.3, -0.25) is 9.69 Å². The third kappa shape index (κ3) is 3.06. The van der Waals surface area contributed by atoms with Crippen LogP contribution in [0.3, 0.4) is 0 Å². The first-order valence-corrected chi connectivity index (χ1v) is 9.93. The van der Waals surface area contributed by atoms with E-state index in [1.54, 1.807) is 24.3 Å². The molecule has 1 fully saturated rings. The number of β-lactam (4-membered cyclic amide) rings is 1. The van der Waals surface area contributed by atoms with Gasteiger partial charge in [0.1, 0.15) is 24.1 Å². The molecule has 140 valence electrons. The molecular formula is C16H17ClN2O6S. The first-order valence-electron chi connectivity index (χ1n) is 7.68. The monoisotopic (exact) mass is 400 g/mol. The second-order valence-corrected chi connectivity index (χ2v) is 8.31. The summed E-state index contributed by atoms with van der Waals surface area (Å²) in [6, 6.07) is 5.70. The smallest absolute Gasteiger partial charge is 0.355 e. The van der Waals surface area contributed by atoms with Crippen molar-refractivity contribution in [1.29, 1.82) is 0 Å². The standard InChI is InChI=1S/C16H17ClN2O6S/c1-24-11-4-2-9(3-5-11)7-25-16(21)13-10(6-17)8-26(22,23)15-12(18)14(20)19(13)15/h2-5,12,15H,6-8,18H2,1H3. The summed E-state index contributed by atoms with van der Waals surface area (Å²) in [5.41, 5.74) is 6.31. The average molecular weight is 401 g/mol. The Morgan fingerprint density at radius 2 is 2.00 bits per heavy atom. The molecule has 1 aromatic rings. The lowest BCUT2D eigenvalue weighted by Crippen LogP contribution is -2.73. The number of esters is 1. The molecule has 0 bridgehead atoms. The summed E-state index contributed by atoms with van der Waals surface area (Å²) in [4.78, 5) is 25.5. The summed E-state index contributed by atoms with van der Waals surface area (Å²) in [7, 11) is -2.15. The lowest BCUT2D eigenvalue weighted by Gasteiger charge is -2.47. The van der Waals surface area contributed by atoms with E-state index in [-0.39, 0.29) is 23.8 Å². The van der Waals surface area contributed by atoms with Gasteiger partial charge in [0, 0.05) is 5.88 Å². The number of carbonyl (C=O) groups excluding carboxylic acids is 2. The zero-order valence-electron chi connectivity index (χ0n) is 13.8. The van der Waals surface area contributed by atoms with Crippen molar-refractivity contribution < 1.29 is 27.5 Å². The molecule has 10 heteroatoms. The Bertz CT molecular complexity index is 881. The zero-order chi connectivity index (χ0) is 19.1. The molecule has 1 saturated heterocycles. The highest BCUT2D eigenvalue weighted by Gasteiger charge is 2.58. The van der Waals surface area contributed by atoms with E-state index in [0.717, 1.165) is 4.90 Å². The molecule has 2 heterocycles. The number of carbonyl (C=O) groups is 2. The second-order valence-electron chi connectivity index (χ2n) is 5.94. The van der Waals surface area contributed by atoms with E-state index in [0.29, 0.717) is 11.3 Å². The topological polar surface area (TPSA) is 116 Å². The highest BCUT2D eigenvalue weighted by molar-refractivity contribution is 7.92. The summed E-state index contributed by atoms with van der Waals surface area (Å²) in [6.45, 7) is -0.0482. The summed E-state index contributed by atoms with van der Waals surface area (Å²) >= 11 is 5.80. The molecule has 0 aromatic heterocycles. The van der Waals surface area contributed by atoms with Crippen LogP contribution in [0.1, 0.15) is 5.56 Å². The number of amides is 1. The largest absolute Gasteiger partial charge is 0.497 e. The van der Waals surface area contributed by atoms with Crippen molar-refractivity contribution in [2.75, 3.05) is 18.7 Å². The molecule has 8 nitrogen and oxygen atoms in total. The molecule has 2 aliphatic heterocycles. The Morgan fingerprint density at radius 1 is 1.35 bits per heavy atom. The predicted octanol–water partition coefficient (Wildman–Crippen LogP) is 0.155. The van der Waals surface area contributed by atoms with Crippen molar-refractivity contribution in [3.8, 4) is 5.75 Å². The number of hydrogen-bond donors (Lipinski definition) is 1. The first-order chi connectivity index (χ1) is 12.3. The SMILES string of the molecule is COc1ccc(COC(=O)C2=C(CCl)CS(=O)(=O)C3C(N)C(=O)N23)cc1. The molecule has 1 aromatic carbocycles. The van der Waals surface area contributed by atoms with Crippen molar-refractivity contribution in [1.82, 2.24) is 4.90 Å². The van der Waals surface area contributed by atoms with Crippen LogP contribution in [0, 0.1) is 0 Å². The third-order valence-electron chi connectivity index (χ3n) is 4.29. The minimum Gasteiger partial charge on any atom is -0.497 e. The maximum atomic E-state index is 12.5. The normalized spacial score (nSPS) is 24.0. The van der Waals surface area contributed by atoms with E-state index in [4.69, 9.17) is 26.8 Å². The van der Waals surface area contributed by atoms with Crippen molar-refractivity contribution in [2.45, 2.75) is 18.0 Å². The number of nitrogens with zero attached hydrogens (tertiary/aromatic N) is 1. The van der Waals surface area contributed by atoms with E-state index in [2.05, 4.69) is 0 Å². The van der Waals surface area contributed by atoms with Gasteiger partial charge in [-0.25, -0.2) is 13.2 Å². The number of nitrogens with two attached hydrogens (primary N) is 1. The molecule has 0 aliphatic carbocycles. The second kappa shape index (κ2) is 6.90. The van der Waals surface area contributed by atoms with Gasteiger partial charge in [0.2, 0.25) is 5.91 Å². The summed E-state index contributed by atoms with van der Waals surface area (Å²) in [5.74, 6) is -1.43. The van der Waals surface area contributed by atoms with Crippen molar-refractivity contribution in [3.05, 3.63) is 41.1 Å². The Kier molecular flexibility index (Phi) is 4.96. The lowest BCUT2D eigenvalue weighted by molar-refractivity contribution is -0.151. The molecule has 2 N–H and O–H groups in total. The molecule has 2 unspecified atom stereocenters. The lowest BCUT2D eigenvalue weighted by atomic mass is 10.0. The molecule has 2 atom stereocenters. The van der Waals surface area contributed by atoms with Crippen LogP contribution in [0.5, 0.6) is 5.75 Å². The van der Waals surface area contributed by atoms with Crippen LogP contribution < -0.4 is 10.5 Å². The maximum absolute atomic E-state index is 12.5. The van der Waals surface area contributed by atoms with E-state index in [9.17, 15) is 18.0 Å². The first kappa shape index (κ1) is 18.7. The van der Waals surface area contributed by atoms with Gasteiger partial charge in [-0.15, -0.1) is 11.6 Å². The van der Waals surface area contributed by atoms with Gasteiger partial charge in [0.25, 0.3) is 0 Å². The van der Waals surface area contributed by atoms with Crippen molar-refractivity contribution >= 4 is 33.3 Å². The zero-order valence-corrected chi connectivity index (χ0v) is 15.4. The summed E-state index contributed by atoms with van der Waals surface area (Å²) in [6.07, 6.45) is 0. The average Bonchev–Trinajstić information content (AvgIpc) is 2.64. The van der Waals surface area contributed by atoms with Gasteiger partial charge in [-0.1, -0.05) is 12.1 Å². The van der Waals surface area contributed by atoms with Crippen LogP contribution in [0.2, 0.25) is 0 Å². The fourth-order valence-electron chi connectivity index (χ4n) is 2.96. The van der Waals surface area contributed by atoms with Crippen LogP contribution in [0.4, 0.5) is 0 Å². The van der Waals surface area contributed by atoms with E-state index in [1.165, 1.54) is 7.11 Å². The fraction of sp³-hybridized carbons (Fsp3) is 0.375. The van der Waals surface area contributed by atoms with Crippen LogP contribution in [-0.2, 0) is 30.8 Å². The van der Waals surface area contributed by atoms with Crippen LogP contribution in [0.25, 0.3) is 0 Å². The van der Waals surface area contributed by atoms with Crippen LogP contribution in [-0.4, -0.2) is 55.4 Å². The van der Waals surface area contributed by atoms with Gasteiger partial charge in [0.05, 0.1) is 12.9 Å². The molecule has 0 saturated carbocycles. The fourth-order valence-corrected chi connectivity index (χ4v) is 5.28. The number of benzene rings is 1. The Hall–Kier alpha value is -2.10. The Morgan fingerprint density at radius 3 is 2.58 bits per heavy atom. The summed E-state index contributed by atoms with van der Waals surface area (Å²) in [5, 5.41) is -1.24. The molecule has 1 amide bonds. The van der Waals surface area contributed by atoms with Crippen molar-refractivity contribution in [3.63, 3.8) is 0 Å². The highest BCUT2D eigenvalue weighted by Crippen LogP contribution is 2.36. The number of halogens is 1. The molecule has 3 rings (SSSR count). The summed E-state index contributed by atoms with van der Waals surface area (Å²) < 4.78 is 34.8. The predicted molar refractivity (Wildman–Crippen MR) is 92.9 cm³/mol. The number of sulfone groups is 1. The molecule has 0 radical (unpaired) electrons. The highest BCUT2D eigenvalue weighted by atomic mass is 35.5.